The van der Waals surface area contributed by atoms with Gasteiger partial charge < -0.3 is 11.2 Å². The predicted molar refractivity (Wildman–Crippen MR) is 77.3 cm³/mol. The monoisotopic (exact) mass is 257 g/mol. The highest BCUT2D eigenvalue weighted by Crippen LogP contribution is 2.35. The first-order valence-electron chi connectivity index (χ1n) is 6.33. The lowest BCUT2D eigenvalue weighted by Gasteiger charge is -2.23. The molecule has 0 atom stereocenters. The molecule has 0 bridgehead atoms. The molecule has 0 heterocycles. The summed E-state index contributed by atoms with van der Waals surface area (Å²) in [6, 6.07) is 8.19. The predicted octanol–water partition coefficient (Wildman–Crippen LogP) is 2.06. The van der Waals surface area contributed by atoms with Gasteiger partial charge in [-0.05, 0) is 35.5 Å². The van der Waals surface area contributed by atoms with Crippen LogP contribution in [0.15, 0.2) is 34.9 Å². The molecule has 0 fully saturated rings. The van der Waals surface area contributed by atoms with Crippen LogP contribution in [-0.4, -0.2) is 12.2 Å². The van der Waals surface area contributed by atoms with Crippen molar-refractivity contribution in [3.05, 3.63) is 41.0 Å². The summed E-state index contributed by atoms with van der Waals surface area (Å²) < 4.78 is 0. The number of hydrogen-bond donors (Lipinski definition) is 2. The molecular weight excluding hydrogens is 238 g/mol. The van der Waals surface area contributed by atoms with Gasteiger partial charge in [-0.1, -0.05) is 38.1 Å². The minimum atomic E-state index is -0.140. The molecule has 1 aromatic rings. The zero-order chi connectivity index (χ0) is 13.9. The van der Waals surface area contributed by atoms with Crippen LogP contribution in [0.3, 0.4) is 0 Å². The van der Waals surface area contributed by atoms with Crippen LogP contribution in [-0.2, 0) is 11.2 Å². The maximum atomic E-state index is 12.1. The van der Waals surface area contributed by atoms with Crippen LogP contribution in [0.2, 0.25) is 0 Å². The first-order chi connectivity index (χ1) is 9.02. The molecule has 0 saturated carbocycles. The van der Waals surface area contributed by atoms with Crippen LogP contribution in [0.25, 0.3) is 6.08 Å². The molecule has 1 aliphatic carbocycles. The van der Waals surface area contributed by atoms with E-state index in [0.717, 1.165) is 24.0 Å². The molecule has 0 radical (unpaired) electrons. The van der Waals surface area contributed by atoms with Crippen molar-refractivity contribution in [3.63, 3.8) is 0 Å². The lowest BCUT2D eigenvalue weighted by molar-refractivity contribution is -0.116. The average Bonchev–Trinajstić information content (AvgIpc) is 2.50. The normalized spacial score (nSPS) is 17.5. The molecule has 0 spiro atoms. The maximum absolute atomic E-state index is 12.1. The Labute approximate surface area is 113 Å². The number of fused-ring (bicyclic) bond motifs is 1. The highest BCUT2D eigenvalue weighted by Gasteiger charge is 2.27. The molecule has 1 aromatic carbocycles. The van der Waals surface area contributed by atoms with Crippen molar-refractivity contribution >= 4 is 18.3 Å². The summed E-state index contributed by atoms with van der Waals surface area (Å²) in [6.07, 6.45) is 4.87. The highest BCUT2D eigenvalue weighted by atomic mass is 16.1. The van der Waals surface area contributed by atoms with Crippen LogP contribution in [0.4, 0.5) is 0 Å². The van der Waals surface area contributed by atoms with Gasteiger partial charge in [0.25, 0.3) is 5.91 Å². The van der Waals surface area contributed by atoms with Gasteiger partial charge in [0.1, 0.15) is 6.34 Å². The summed E-state index contributed by atoms with van der Waals surface area (Å²) in [4.78, 5) is 12.1. The van der Waals surface area contributed by atoms with E-state index in [2.05, 4.69) is 30.3 Å². The fourth-order valence-electron chi connectivity index (χ4n) is 2.50. The van der Waals surface area contributed by atoms with Gasteiger partial charge in [0.05, 0.1) is 0 Å². The Morgan fingerprint density at radius 3 is 2.84 bits per heavy atom. The third kappa shape index (κ3) is 3.22. The molecule has 0 aliphatic heterocycles. The quantitative estimate of drug-likeness (QED) is 0.368. The fourth-order valence-corrected chi connectivity index (χ4v) is 2.50. The average molecular weight is 257 g/mol. The molecule has 19 heavy (non-hydrogen) atoms. The molecule has 4 heteroatoms. The number of hydrogen-bond acceptors (Lipinski definition) is 3. The number of nitrogens with one attached hydrogen (secondary N) is 1. The second kappa shape index (κ2) is 5.26. The van der Waals surface area contributed by atoms with Crippen LogP contribution in [0.5, 0.6) is 0 Å². The van der Waals surface area contributed by atoms with E-state index < -0.39 is 0 Å². The Morgan fingerprint density at radius 1 is 1.37 bits per heavy atom. The smallest absolute Gasteiger partial charge is 0.252 e. The molecule has 0 saturated heterocycles. The zero-order valence-electron chi connectivity index (χ0n) is 11.3. The van der Waals surface area contributed by atoms with E-state index >= 15 is 0 Å². The number of nitrogens with zero attached hydrogens (tertiary/aromatic N) is 1. The van der Waals surface area contributed by atoms with Crippen LogP contribution in [0.1, 0.15) is 31.4 Å². The summed E-state index contributed by atoms with van der Waals surface area (Å²) >= 11 is 0. The van der Waals surface area contributed by atoms with Gasteiger partial charge in [-0.15, -0.1) is 0 Å². The zero-order valence-corrected chi connectivity index (χ0v) is 11.3. The first-order valence-corrected chi connectivity index (χ1v) is 6.33. The lowest BCUT2D eigenvalue weighted by atomic mass is 9.81. The van der Waals surface area contributed by atoms with Crippen molar-refractivity contribution in [1.82, 2.24) is 5.32 Å². The molecule has 1 amide bonds. The van der Waals surface area contributed by atoms with E-state index in [1.54, 1.807) is 0 Å². The Balaban J connectivity index is 2.38. The minimum absolute atomic E-state index is 0.0512. The molecule has 4 nitrogen and oxygen atoms in total. The van der Waals surface area contributed by atoms with E-state index in [1.807, 2.05) is 24.3 Å². The number of nitrogens with two attached hydrogens (primary N) is 1. The number of carbonyl (C=O) groups excluding carboxylic acids is 1. The van der Waals surface area contributed by atoms with Crippen molar-refractivity contribution in [3.8, 4) is 0 Å². The van der Waals surface area contributed by atoms with Crippen molar-refractivity contribution < 1.29 is 4.79 Å². The van der Waals surface area contributed by atoms with E-state index in [1.165, 1.54) is 11.9 Å². The number of carbonyl (C=O) groups is 1. The van der Waals surface area contributed by atoms with Crippen LogP contribution < -0.4 is 11.2 Å². The molecule has 0 unspecified atom stereocenters. The molecule has 3 N–H and O–H groups in total. The van der Waals surface area contributed by atoms with Crippen molar-refractivity contribution in [1.29, 1.82) is 0 Å². The van der Waals surface area contributed by atoms with Crippen molar-refractivity contribution in [2.45, 2.75) is 26.7 Å². The Hall–Kier alpha value is -2.10. The third-order valence-electron chi connectivity index (χ3n) is 3.28. The van der Waals surface area contributed by atoms with Gasteiger partial charge in [0.2, 0.25) is 0 Å². The van der Waals surface area contributed by atoms with Gasteiger partial charge >= 0.3 is 0 Å². The number of rotatable bonds is 2. The standard InChI is InChI=1S/C15H19N3O/c1-15(2)8-12-6-4-3-5-11(12)7-13(9-15)14(19)17-10-18-16/h3-7,10H,8-9,16H2,1-2H3,(H,17,18,19). The number of hydrazone groups is 1. The van der Waals surface area contributed by atoms with Gasteiger partial charge in [-0.2, -0.15) is 5.10 Å². The molecule has 1 aliphatic rings. The largest absolute Gasteiger partial charge is 0.322 e. The van der Waals surface area contributed by atoms with Gasteiger partial charge in [0, 0.05) is 5.57 Å². The second-order valence-corrected chi connectivity index (χ2v) is 5.64. The second-order valence-electron chi connectivity index (χ2n) is 5.64. The van der Waals surface area contributed by atoms with Crippen LogP contribution in [0, 0.1) is 5.41 Å². The molecule has 0 aromatic heterocycles. The fraction of sp³-hybridized carbons (Fsp3) is 0.333. The van der Waals surface area contributed by atoms with E-state index in [4.69, 9.17) is 5.84 Å². The molecular formula is C15H19N3O. The summed E-state index contributed by atoms with van der Waals surface area (Å²) in [5.74, 6) is 4.86. The third-order valence-corrected chi connectivity index (χ3v) is 3.28. The summed E-state index contributed by atoms with van der Waals surface area (Å²) in [5, 5.41) is 5.86. The van der Waals surface area contributed by atoms with Gasteiger partial charge in [-0.25, -0.2) is 0 Å². The maximum Gasteiger partial charge on any atom is 0.252 e. The van der Waals surface area contributed by atoms with Crippen molar-refractivity contribution in [2.24, 2.45) is 16.4 Å². The molecule has 2 rings (SSSR count). The summed E-state index contributed by atoms with van der Waals surface area (Å²) in [7, 11) is 0. The van der Waals surface area contributed by atoms with E-state index in [9.17, 15) is 4.79 Å². The summed E-state index contributed by atoms with van der Waals surface area (Å²) in [6.45, 7) is 4.35. The summed E-state index contributed by atoms with van der Waals surface area (Å²) in [5.41, 5.74) is 3.20. The topological polar surface area (TPSA) is 67.5 Å². The minimum Gasteiger partial charge on any atom is -0.322 e. The Morgan fingerprint density at radius 2 is 2.11 bits per heavy atom. The SMILES string of the molecule is CC1(C)CC(C(=O)NC=NN)=Cc2ccccc2C1. The van der Waals surface area contributed by atoms with Crippen molar-refractivity contribution in [2.75, 3.05) is 0 Å². The highest BCUT2D eigenvalue weighted by molar-refractivity contribution is 6.03. The Bertz CT molecular complexity index is 544. The van der Waals surface area contributed by atoms with E-state index in [-0.39, 0.29) is 11.3 Å². The Kier molecular flexibility index (Phi) is 3.69. The first kappa shape index (κ1) is 13.3. The van der Waals surface area contributed by atoms with Gasteiger partial charge in [-0.3, -0.25) is 4.79 Å². The van der Waals surface area contributed by atoms with Gasteiger partial charge in [0.15, 0.2) is 0 Å². The van der Waals surface area contributed by atoms with E-state index in [0.29, 0.717) is 0 Å². The number of amides is 1. The lowest BCUT2D eigenvalue weighted by Crippen LogP contribution is -2.26. The van der Waals surface area contributed by atoms with Crippen LogP contribution >= 0.6 is 0 Å². The number of benzene rings is 1. The molecule has 100 valence electrons.